The van der Waals surface area contributed by atoms with Crippen molar-refractivity contribution in [2.45, 2.75) is 52.1 Å². The second kappa shape index (κ2) is 9.73. The molecule has 1 fully saturated rings. The van der Waals surface area contributed by atoms with Crippen molar-refractivity contribution in [3.8, 4) is 0 Å². The third kappa shape index (κ3) is 5.27. The average Bonchev–Trinajstić information content (AvgIpc) is 2.62. The normalized spacial score (nSPS) is 21.3. The van der Waals surface area contributed by atoms with Crippen molar-refractivity contribution in [1.29, 1.82) is 0 Å². The van der Waals surface area contributed by atoms with Crippen molar-refractivity contribution in [3.05, 3.63) is 59.7 Å². The van der Waals surface area contributed by atoms with Gasteiger partial charge in [0.1, 0.15) is 0 Å². The summed E-state index contributed by atoms with van der Waals surface area (Å²) in [6, 6.07) is 3.36. The maximum atomic E-state index is 14.3. The van der Waals surface area contributed by atoms with Gasteiger partial charge in [0.2, 0.25) is 0 Å². The number of hydrogen-bond acceptors (Lipinski definition) is 1. The number of rotatable bonds is 8. The summed E-state index contributed by atoms with van der Waals surface area (Å²) in [5, 5.41) is 0. The maximum absolute atomic E-state index is 14.3. The lowest BCUT2D eigenvalue weighted by atomic mass is 9.79. The quantitative estimate of drug-likeness (QED) is 0.419. The van der Waals surface area contributed by atoms with Crippen LogP contribution in [-0.2, 0) is 17.8 Å². The summed E-state index contributed by atoms with van der Waals surface area (Å²) in [4.78, 5) is 0. The molecule has 0 heterocycles. The third-order valence-corrected chi connectivity index (χ3v) is 5.00. The van der Waals surface area contributed by atoms with Gasteiger partial charge in [0, 0.05) is 5.56 Å². The van der Waals surface area contributed by atoms with Crippen molar-refractivity contribution in [1.82, 2.24) is 0 Å². The molecular weight excluding hydrogens is 306 g/mol. The van der Waals surface area contributed by atoms with Crippen LogP contribution in [0.4, 0.5) is 8.78 Å². The van der Waals surface area contributed by atoms with Crippen LogP contribution >= 0.6 is 0 Å². The van der Waals surface area contributed by atoms with E-state index in [0.29, 0.717) is 30.4 Å². The summed E-state index contributed by atoms with van der Waals surface area (Å²) >= 11 is 0. The van der Waals surface area contributed by atoms with Gasteiger partial charge in [-0.3, -0.25) is 0 Å². The largest absolute Gasteiger partial charge is 0.373 e. The fourth-order valence-corrected chi connectivity index (χ4v) is 3.34. The highest BCUT2D eigenvalue weighted by molar-refractivity contribution is 5.26. The summed E-state index contributed by atoms with van der Waals surface area (Å²) in [5.41, 5.74) is 0.766. The van der Waals surface area contributed by atoms with Gasteiger partial charge in [-0.15, -0.1) is 6.58 Å². The van der Waals surface area contributed by atoms with E-state index < -0.39 is 11.6 Å². The smallest absolute Gasteiger partial charge is 0.164 e. The molecule has 3 heteroatoms. The number of halogens is 2. The van der Waals surface area contributed by atoms with E-state index in [9.17, 15) is 8.78 Å². The zero-order valence-electron chi connectivity index (χ0n) is 14.6. The van der Waals surface area contributed by atoms with Crippen molar-refractivity contribution in [2.24, 2.45) is 11.8 Å². The third-order valence-electron chi connectivity index (χ3n) is 5.00. The number of aryl methyl sites for hydroxylation is 1. The van der Waals surface area contributed by atoms with Gasteiger partial charge in [0.15, 0.2) is 11.6 Å². The second-order valence-corrected chi connectivity index (χ2v) is 6.65. The molecule has 1 saturated carbocycles. The molecule has 0 unspecified atom stereocenters. The van der Waals surface area contributed by atoms with E-state index in [4.69, 9.17) is 4.74 Å². The van der Waals surface area contributed by atoms with Crippen LogP contribution in [0.3, 0.4) is 0 Å². The number of hydrogen-bond donors (Lipinski definition) is 0. The Kier molecular flexibility index (Phi) is 7.64. The molecule has 0 N–H and O–H groups in total. The molecule has 1 aliphatic rings. The highest BCUT2D eigenvalue weighted by Crippen LogP contribution is 2.32. The molecule has 0 aromatic heterocycles. The van der Waals surface area contributed by atoms with Crippen LogP contribution < -0.4 is 0 Å². The minimum atomic E-state index is -0.761. The van der Waals surface area contributed by atoms with Crippen LogP contribution in [0.5, 0.6) is 0 Å². The van der Waals surface area contributed by atoms with Crippen LogP contribution in [0.2, 0.25) is 0 Å². The lowest BCUT2D eigenvalue weighted by Gasteiger charge is -2.26. The predicted octanol–water partition coefficient (Wildman–Crippen LogP) is 5.98. The Bertz CT molecular complexity index is 557. The monoisotopic (exact) mass is 334 g/mol. The van der Waals surface area contributed by atoms with E-state index in [1.807, 2.05) is 25.2 Å². The number of benzene rings is 1. The van der Waals surface area contributed by atoms with Crippen LogP contribution in [0.25, 0.3) is 0 Å². The summed E-state index contributed by atoms with van der Waals surface area (Å²) in [6.45, 7) is 6.26. The van der Waals surface area contributed by atoms with Crippen LogP contribution in [0.15, 0.2) is 36.9 Å². The maximum Gasteiger partial charge on any atom is 0.164 e. The molecule has 1 aliphatic carbocycles. The Hall–Kier alpha value is -1.48. The van der Waals surface area contributed by atoms with Gasteiger partial charge in [-0.1, -0.05) is 30.4 Å². The first-order valence-corrected chi connectivity index (χ1v) is 8.92. The predicted molar refractivity (Wildman–Crippen MR) is 94.8 cm³/mol. The lowest BCUT2D eigenvalue weighted by molar-refractivity contribution is 0.145. The first-order chi connectivity index (χ1) is 11.7. The zero-order chi connectivity index (χ0) is 17.4. The molecule has 1 aromatic rings. The van der Waals surface area contributed by atoms with E-state index in [0.717, 1.165) is 19.3 Å². The SMILES string of the molecule is C=C[C@H]1CC[C@H](CCc2ccc(COC/C=C/C)c(F)c2F)CC1. The summed E-state index contributed by atoms with van der Waals surface area (Å²) in [5.74, 6) is -0.213. The molecule has 1 nitrogen and oxygen atoms in total. The molecule has 0 aliphatic heterocycles. The van der Waals surface area contributed by atoms with Gasteiger partial charge in [-0.05, 0) is 62.8 Å². The summed E-state index contributed by atoms with van der Waals surface area (Å²) in [7, 11) is 0. The topological polar surface area (TPSA) is 9.23 Å². The van der Waals surface area contributed by atoms with Crippen molar-refractivity contribution >= 4 is 0 Å². The highest BCUT2D eigenvalue weighted by Gasteiger charge is 2.20. The Morgan fingerprint density at radius 1 is 1.12 bits per heavy atom. The Labute approximate surface area is 144 Å². The molecular formula is C21H28F2O. The first-order valence-electron chi connectivity index (χ1n) is 8.92. The number of allylic oxidation sites excluding steroid dienone is 2. The van der Waals surface area contributed by atoms with Crippen LogP contribution in [0, 0.1) is 23.5 Å². The molecule has 132 valence electrons. The average molecular weight is 334 g/mol. The summed E-state index contributed by atoms with van der Waals surface area (Å²) in [6.07, 6.45) is 12.0. The molecule has 2 rings (SSSR count). The first kappa shape index (κ1) is 18.9. The molecule has 0 atom stereocenters. The highest BCUT2D eigenvalue weighted by atomic mass is 19.2. The van der Waals surface area contributed by atoms with Gasteiger partial charge in [-0.2, -0.15) is 0 Å². The molecule has 1 aromatic carbocycles. The minimum absolute atomic E-state index is 0.0962. The molecule has 0 amide bonds. The Morgan fingerprint density at radius 3 is 2.46 bits per heavy atom. The second-order valence-electron chi connectivity index (χ2n) is 6.65. The van der Waals surface area contributed by atoms with Crippen molar-refractivity contribution < 1.29 is 13.5 Å². The molecule has 24 heavy (non-hydrogen) atoms. The van der Waals surface area contributed by atoms with Gasteiger partial charge in [0.25, 0.3) is 0 Å². The standard InChI is InChI=1S/C21H28F2O/c1-3-5-14-24-15-19-13-12-18(20(22)21(19)23)11-10-17-8-6-16(4-2)7-9-17/h3-5,12-13,16-17H,2,6-11,14-15H2,1H3/b5-3+/t16-,17-. The molecule has 0 radical (unpaired) electrons. The molecule has 0 spiro atoms. The Morgan fingerprint density at radius 2 is 1.79 bits per heavy atom. The number of ether oxygens (including phenoxy) is 1. The minimum Gasteiger partial charge on any atom is -0.373 e. The van der Waals surface area contributed by atoms with E-state index >= 15 is 0 Å². The van der Waals surface area contributed by atoms with Crippen LogP contribution in [-0.4, -0.2) is 6.61 Å². The zero-order valence-corrected chi connectivity index (χ0v) is 14.6. The van der Waals surface area contributed by atoms with E-state index in [1.54, 1.807) is 12.1 Å². The van der Waals surface area contributed by atoms with Crippen LogP contribution in [0.1, 0.15) is 50.2 Å². The van der Waals surface area contributed by atoms with E-state index in [1.165, 1.54) is 12.8 Å². The van der Waals surface area contributed by atoms with Crippen molar-refractivity contribution in [2.75, 3.05) is 6.61 Å². The lowest BCUT2D eigenvalue weighted by Crippen LogP contribution is -2.14. The summed E-state index contributed by atoms with van der Waals surface area (Å²) < 4.78 is 33.7. The Balaban J connectivity index is 1.87. The fraction of sp³-hybridized carbons (Fsp3) is 0.524. The molecule has 0 saturated heterocycles. The van der Waals surface area contributed by atoms with Crippen molar-refractivity contribution in [3.63, 3.8) is 0 Å². The van der Waals surface area contributed by atoms with Gasteiger partial charge < -0.3 is 4.74 Å². The fourth-order valence-electron chi connectivity index (χ4n) is 3.34. The molecule has 0 bridgehead atoms. The van der Waals surface area contributed by atoms with Gasteiger partial charge in [0.05, 0.1) is 13.2 Å². The van der Waals surface area contributed by atoms with Gasteiger partial charge in [-0.25, -0.2) is 8.78 Å². The van der Waals surface area contributed by atoms with Gasteiger partial charge >= 0.3 is 0 Å². The van der Waals surface area contributed by atoms with E-state index in [2.05, 4.69) is 6.58 Å². The van der Waals surface area contributed by atoms with E-state index in [-0.39, 0.29) is 12.2 Å².